The van der Waals surface area contributed by atoms with E-state index in [2.05, 4.69) is 10.6 Å². The molecule has 24 heavy (non-hydrogen) atoms. The fourth-order valence-electron chi connectivity index (χ4n) is 3.09. The summed E-state index contributed by atoms with van der Waals surface area (Å²) >= 11 is 0. The predicted molar refractivity (Wildman–Crippen MR) is 96.9 cm³/mol. The van der Waals surface area contributed by atoms with Crippen molar-refractivity contribution < 1.29 is 9.59 Å². The lowest BCUT2D eigenvalue weighted by atomic mass is 9.89. The molecule has 5 nitrogen and oxygen atoms in total. The van der Waals surface area contributed by atoms with Crippen molar-refractivity contribution in [3.8, 4) is 0 Å². The standard InChI is InChI=1S/C19H29N3O2/c20-13-5-4-8-18(23)22-17-11-9-16(10-12-17)19(24)21-14-15-6-2-1-3-7-15/h9-12,15H,1-8,13-14,20H2,(H,21,24)(H,22,23). The summed E-state index contributed by atoms with van der Waals surface area (Å²) in [7, 11) is 0. The van der Waals surface area contributed by atoms with E-state index in [-0.39, 0.29) is 11.8 Å². The molecular weight excluding hydrogens is 302 g/mol. The molecule has 1 saturated carbocycles. The highest BCUT2D eigenvalue weighted by Gasteiger charge is 2.14. The highest BCUT2D eigenvalue weighted by molar-refractivity contribution is 5.95. The number of unbranched alkanes of at least 4 members (excludes halogenated alkanes) is 1. The van der Waals surface area contributed by atoms with Gasteiger partial charge in [-0.25, -0.2) is 0 Å². The number of amides is 2. The second-order valence-corrected chi connectivity index (χ2v) is 6.59. The molecule has 2 rings (SSSR count). The molecule has 132 valence electrons. The fraction of sp³-hybridized carbons (Fsp3) is 0.579. The van der Waals surface area contributed by atoms with Crippen LogP contribution in [0.15, 0.2) is 24.3 Å². The third kappa shape index (κ3) is 6.32. The Hall–Kier alpha value is -1.88. The average Bonchev–Trinajstić information content (AvgIpc) is 2.61. The fourth-order valence-corrected chi connectivity index (χ4v) is 3.09. The molecule has 1 aromatic carbocycles. The average molecular weight is 331 g/mol. The SMILES string of the molecule is NCCCCC(=O)Nc1ccc(C(=O)NCC2CCCCC2)cc1. The zero-order chi connectivity index (χ0) is 17.2. The molecule has 2 amide bonds. The van der Waals surface area contributed by atoms with Crippen molar-refractivity contribution in [3.63, 3.8) is 0 Å². The van der Waals surface area contributed by atoms with E-state index >= 15 is 0 Å². The van der Waals surface area contributed by atoms with Crippen LogP contribution in [0.25, 0.3) is 0 Å². The Morgan fingerprint density at radius 3 is 2.42 bits per heavy atom. The Morgan fingerprint density at radius 1 is 1.04 bits per heavy atom. The van der Waals surface area contributed by atoms with Crippen molar-refractivity contribution in [2.75, 3.05) is 18.4 Å². The molecule has 1 aromatic rings. The van der Waals surface area contributed by atoms with Gasteiger partial charge in [-0.05, 0) is 62.4 Å². The first-order valence-corrected chi connectivity index (χ1v) is 9.07. The largest absolute Gasteiger partial charge is 0.352 e. The zero-order valence-electron chi connectivity index (χ0n) is 14.4. The van der Waals surface area contributed by atoms with Gasteiger partial charge in [0, 0.05) is 24.2 Å². The second kappa shape index (κ2) is 10.1. The quantitative estimate of drug-likeness (QED) is 0.640. The molecule has 0 bridgehead atoms. The van der Waals surface area contributed by atoms with Crippen molar-refractivity contribution in [3.05, 3.63) is 29.8 Å². The number of anilines is 1. The van der Waals surface area contributed by atoms with Gasteiger partial charge in [0.1, 0.15) is 0 Å². The number of hydrogen-bond acceptors (Lipinski definition) is 3. The zero-order valence-corrected chi connectivity index (χ0v) is 14.4. The lowest BCUT2D eigenvalue weighted by molar-refractivity contribution is -0.116. The van der Waals surface area contributed by atoms with Crippen molar-refractivity contribution in [2.24, 2.45) is 11.7 Å². The van der Waals surface area contributed by atoms with Gasteiger partial charge in [-0.2, -0.15) is 0 Å². The number of nitrogens with two attached hydrogens (primary N) is 1. The van der Waals surface area contributed by atoms with Crippen LogP contribution in [-0.2, 0) is 4.79 Å². The summed E-state index contributed by atoms with van der Waals surface area (Å²) in [5.41, 5.74) is 6.77. The van der Waals surface area contributed by atoms with Crippen LogP contribution in [0, 0.1) is 5.92 Å². The highest BCUT2D eigenvalue weighted by Crippen LogP contribution is 2.22. The smallest absolute Gasteiger partial charge is 0.251 e. The maximum Gasteiger partial charge on any atom is 0.251 e. The monoisotopic (exact) mass is 331 g/mol. The van der Waals surface area contributed by atoms with Gasteiger partial charge in [-0.1, -0.05) is 19.3 Å². The minimum Gasteiger partial charge on any atom is -0.352 e. The first kappa shape index (κ1) is 18.5. The van der Waals surface area contributed by atoms with Crippen LogP contribution in [0.5, 0.6) is 0 Å². The van der Waals surface area contributed by atoms with Gasteiger partial charge in [-0.3, -0.25) is 9.59 Å². The topological polar surface area (TPSA) is 84.2 Å². The van der Waals surface area contributed by atoms with Gasteiger partial charge in [0.2, 0.25) is 5.91 Å². The molecule has 0 aliphatic heterocycles. The number of benzene rings is 1. The Kier molecular flexibility index (Phi) is 7.75. The highest BCUT2D eigenvalue weighted by atomic mass is 16.2. The van der Waals surface area contributed by atoms with E-state index in [1.165, 1.54) is 32.1 Å². The molecule has 0 atom stereocenters. The van der Waals surface area contributed by atoms with Crippen LogP contribution in [0.3, 0.4) is 0 Å². The number of rotatable bonds is 8. The Morgan fingerprint density at radius 2 is 1.75 bits per heavy atom. The van der Waals surface area contributed by atoms with E-state index in [0.29, 0.717) is 24.4 Å². The van der Waals surface area contributed by atoms with Crippen molar-refractivity contribution in [2.45, 2.75) is 51.4 Å². The van der Waals surface area contributed by atoms with Crippen molar-refractivity contribution >= 4 is 17.5 Å². The van der Waals surface area contributed by atoms with Crippen LogP contribution >= 0.6 is 0 Å². The summed E-state index contributed by atoms with van der Waals surface area (Å²) in [4.78, 5) is 23.9. The second-order valence-electron chi connectivity index (χ2n) is 6.59. The molecule has 1 fully saturated rings. The molecule has 0 aromatic heterocycles. The van der Waals surface area contributed by atoms with Gasteiger partial charge < -0.3 is 16.4 Å². The van der Waals surface area contributed by atoms with E-state index in [1.807, 2.05) is 0 Å². The number of carbonyl (C=O) groups is 2. The molecule has 5 heteroatoms. The summed E-state index contributed by atoms with van der Waals surface area (Å²) in [6, 6.07) is 7.06. The molecule has 0 unspecified atom stereocenters. The lowest BCUT2D eigenvalue weighted by Crippen LogP contribution is -2.30. The number of nitrogens with one attached hydrogen (secondary N) is 2. The molecule has 0 spiro atoms. The van der Waals surface area contributed by atoms with Crippen molar-refractivity contribution in [1.82, 2.24) is 5.32 Å². The summed E-state index contributed by atoms with van der Waals surface area (Å²) in [6.07, 6.45) is 8.44. The number of hydrogen-bond donors (Lipinski definition) is 3. The maximum atomic E-state index is 12.2. The van der Waals surface area contributed by atoms with Crippen LogP contribution in [0.4, 0.5) is 5.69 Å². The molecule has 0 saturated heterocycles. The molecule has 0 heterocycles. The maximum absolute atomic E-state index is 12.2. The summed E-state index contributed by atoms with van der Waals surface area (Å²) in [5, 5.41) is 5.86. The summed E-state index contributed by atoms with van der Waals surface area (Å²) < 4.78 is 0. The Balaban J connectivity index is 1.75. The first-order chi connectivity index (χ1) is 11.7. The normalized spacial score (nSPS) is 15.0. The van der Waals surface area contributed by atoms with E-state index in [1.54, 1.807) is 24.3 Å². The minimum atomic E-state index is -0.0404. The Labute approximate surface area is 144 Å². The van der Waals surface area contributed by atoms with Crippen LogP contribution < -0.4 is 16.4 Å². The third-order valence-corrected chi connectivity index (χ3v) is 4.56. The van der Waals surface area contributed by atoms with Gasteiger partial charge in [-0.15, -0.1) is 0 Å². The molecule has 1 aliphatic carbocycles. The van der Waals surface area contributed by atoms with Crippen LogP contribution in [-0.4, -0.2) is 24.9 Å². The minimum absolute atomic E-state index is 0.0158. The van der Waals surface area contributed by atoms with Gasteiger partial charge in [0.15, 0.2) is 0 Å². The van der Waals surface area contributed by atoms with Gasteiger partial charge in [0.25, 0.3) is 5.91 Å². The predicted octanol–water partition coefficient (Wildman–Crippen LogP) is 3.06. The van der Waals surface area contributed by atoms with E-state index < -0.39 is 0 Å². The third-order valence-electron chi connectivity index (χ3n) is 4.56. The van der Waals surface area contributed by atoms with Crippen molar-refractivity contribution in [1.29, 1.82) is 0 Å². The first-order valence-electron chi connectivity index (χ1n) is 9.07. The molecular formula is C19H29N3O2. The summed E-state index contributed by atoms with van der Waals surface area (Å²) in [6.45, 7) is 1.37. The number of carbonyl (C=O) groups excluding carboxylic acids is 2. The van der Waals surface area contributed by atoms with Gasteiger partial charge in [0.05, 0.1) is 0 Å². The molecule has 0 radical (unpaired) electrons. The molecule has 4 N–H and O–H groups in total. The van der Waals surface area contributed by atoms with E-state index in [4.69, 9.17) is 5.73 Å². The molecule has 1 aliphatic rings. The van der Waals surface area contributed by atoms with Gasteiger partial charge >= 0.3 is 0 Å². The van der Waals surface area contributed by atoms with E-state index in [0.717, 1.165) is 25.1 Å². The van der Waals surface area contributed by atoms with Crippen LogP contribution in [0.2, 0.25) is 0 Å². The van der Waals surface area contributed by atoms with Crippen LogP contribution in [0.1, 0.15) is 61.7 Å². The summed E-state index contributed by atoms with van der Waals surface area (Å²) in [5.74, 6) is 0.564. The lowest BCUT2D eigenvalue weighted by Gasteiger charge is -2.21. The Bertz CT molecular complexity index is 522. The van der Waals surface area contributed by atoms with E-state index in [9.17, 15) is 9.59 Å².